The van der Waals surface area contributed by atoms with Crippen LogP contribution in [-0.4, -0.2) is 46.1 Å². The number of fused-ring (bicyclic) bond motifs is 1. The zero-order valence-electron chi connectivity index (χ0n) is 17.4. The van der Waals surface area contributed by atoms with Gasteiger partial charge in [0.25, 0.3) is 0 Å². The van der Waals surface area contributed by atoms with Crippen molar-refractivity contribution >= 4 is 11.8 Å². The number of hydrogen-bond donors (Lipinski definition) is 2. The van der Waals surface area contributed by atoms with Gasteiger partial charge in [0.2, 0.25) is 6.29 Å². The maximum Gasteiger partial charge on any atom is 0.308 e. The molecule has 0 radical (unpaired) electrons. The monoisotopic (exact) mass is 384 g/mol. The first-order valence-corrected chi connectivity index (χ1v) is 10.3. The second-order valence-electron chi connectivity index (χ2n) is 9.31. The molecule has 0 aromatic carbocycles. The standard InChI is InChI=1S/C21H36O6/c1-6-14-12-13(2)8-7-10-21(5)18(27-21)16(23)19(25)26-15(22)9-11-20(3,4)17(14)24/h13-14,16,18-19,23,25H,6-12H2,1-5H3. The molecular formula is C21H36O6. The third kappa shape index (κ3) is 5.52. The quantitative estimate of drug-likeness (QED) is 0.533. The zero-order chi connectivity index (χ0) is 20.4. The maximum atomic E-state index is 13.0. The van der Waals surface area contributed by atoms with Crippen molar-refractivity contribution in [3.63, 3.8) is 0 Å². The fourth-order valence-corrected chi connectivity index (χ4v) is 4.26. The molecule has 6 unspecified atom stereocenters. The minimum Gasteiger partial charge on any atom is -0.433 e. The fraction of sp³-hybridized carbons (Fsp3) is 0.905. The Hall–Kier alpha value is -0.980. The van der Waals surface area contributed by atoms with E-state index in [9.17, 15) is 19.8 Å². The van der Waals surface area contributed by atoms with Gasteiger partial charge in [0.05, 0.1) is 5.60 Å². The van der Waals surface area contributed by atoms with E-state index in [0.29, 0.717) is 12.3 Å². The Morgan fingerprint density at radius 3 is 2.44 bits per heavy atom. The smallest absolute Gasteiger partial charge is 0.308 e. The van der Waals surface area contributed by atoms with Gasteiger partial charge in [-0.25, -0.2) is 0 Å². The molecule has 0 bridgehead atoms. The number of aliphatic hydroxyl groups is 2. The Kier molecular flexibility index (Phi) is 7.09. The predicted molar refractivity (Wildman–Crippen MR) is 101 cm³/mol. The molecule has 0 aromatic rings. The summed E-state index contributed by atoms with van der Waals surface area (Å²) in [7, 11) is 0. The lowest BCUT2D eigenvalue weighted by atomic mass is 9.74. The van der Waals surface area contributed by atoms with Crippen molar-refractivity contribution < 1.29 is 29.3 Å². The Bertz CT molecular complexity index is 545. The molecule has 156 valence electrons. The van der Waals surface area contributed by atoms with Gasteiger partial charge < -0.3 is 19.7 Å². The van der Waals surface area contributed by atoms with Crippen LogP contribution < -0.4 is 0 Å². The van der Waals surface area contributed by atoms with Crippen LogP contribution in [0.2, 0.25) is 0 Å². The van der Waals surface area contributed by atoms with E-state index < -0.39 is 35.5 Å². The molecule has 2 saturated heterocycles. The largest absolute Gasteiger partial charge is 0.433 e. The van der Waals surface area contributed by atoms with Gasteiger partial charge in [-0.05, 0) is 38.5 Å². The summed E-state index contributed by atoms with van der Waals surface area (Å²) >= 11 is 0. The molecule has 6 atom stereocenters. The number of epoxide rings is 1. The number of hydrogen-bond acceptors (Lipinski definition) is 6. The summed E-state index contributed by atoms with van der Waals surface area (Å²) in [5.74, 6) is -0.0103. The van der Waals surface area contributed by atoms with E-state index in [0.717, 1.165) is 32.1 Å². The highest BCUT2D eigenvalue weighted by molar-refractivity contribution is 5.86. The molecule has 2 rings (SSSR count). The first-order valence-electron chi connectivity index (χ1n) is 10.3. The average molecular weight is 385 g/mol. The first-order chi connectivity index (χ1) is 12.5. The molecule has 6 heteroatoms. The van der Waals surface area contributed by atoms with Crippen LogP contribution in [0.1, 0.15) is 79.6 Å². The van der Waals surface area contributed by atoms with E-state index in [1.54, 1.807) is 0 Å². The van der Waals surface area contributed by atoms with Gasteiger partial charge in [-0.1, -0.05) is 40.5 Å². The van der Waals surface area contributed by atoms with Crippen molar-refractivity contribution in [2.24, 2.45) is 17.3 Å². The van der Waals surface area contributed by atoms with Gasteiger partial charge in [-0.15, -0.1) is 0 Å². The molecule has 0 aliphatic carbocycles. The summed E-state index contributed by atoms with van der Waals surface area (Å²) < 4.78 is 10.6. The Labute approximate surface area is 162 Å². The molecule has 6 nitrogen and oxygen atoms in total. The number of ketones is 1. The Morgan fingerprint density at radius 2 is 1.81 bits per heavy atom. The van der Waals surface area contributed by atoms with E-state index in [-0.39, 0.29) is 18.1 Å². The second kappa shape index (κ2) is 8.58. The van der Waals surface area contributed by atoms with Crippen LogP contribution in [-0.2, 0) is 19.1 Å². The summed E-state index contributed by atoms with van der Waals surface area (Å²) in [6.45, 7) is 9.86. The lowest BCUT2D eigenvalue weighted by Crippen LogP contribution is -2.38. The fourth-order valence-electron chi connectivity index (χ4n) is 4.26. The van der Waals surface area contributed by atoms with Crippen LogP contribution in [0.5, 0.6) is 0 Å². The van der Waals surface area contributed by atoms with E-state index in [1.165, 1.54) is 0 Å². The number of aliphatic hydroxyl groups excluding tert-OH is 2. The molecule has 0 aromatic heterocycles. The van der Waals surface area contributed by atoms with E-state index >= 15 is 0 Å². The van der Waals surface area contributed by atoms with Crippen molar-refractivity contribution in [2.45, 2.75) is 104 Å². The molecule has 0 amide bonds. The zero-order valence-corrected chi connectivity index (χ0v) is 17.4. The highest BCUT2D eigenvalue weighted by Crippen LogP contribution is 2.44. The van der Waals surface area contributed by atoms with E-state index in [4.69, 9.17) is 9.47 Å². The van der Waals surface area contributed by atoms with Crippen molar-refractivity contribution in [1.82, 2.24) is 0 Å². The van der Waals surface area contributed by atoms with Crippen LogP contribution in [0.3, 0.4) is 0 Å². The van der Waals surface area contributed by atoms with Gasteiger partial charge >= 0.3 is 5.97 Å². The van der Waals surface area contributed by atoms with Crippen molar-refractivity contribution in [3.05, 3.63) is 0 Å². The first kappa shape index (κ1) is 22.3. The topological polar surface area (TPSA) is 96.4 Å². The third-order valence-electron chi connectivity index (χ3n) is 6.34. The van der Waals surface area contributed by atoms with Crippen molar-refractivity contribution in [3.8, 4) is 0 Å². The minimum absolute atomic E-state index is 0.00755. The SMILES string of the molecule is CCC1CC(C)CCCC2(C)OC2C(O)C(O)OC(=O)CCC(C)(C)C1=O. The minimum atomic E-state index is -1.61. The second-order valence-corrected chi connectivity index (χ2v) is 9.31. The highest BCUT2D eigenvalue weighted by atomic mass is 16.7. The summed E-state index contributed by atoms with van der Waals surface area (Å²) in [4.78, 5) is 25.1. The summed E-state index contributed by atoms with van der Waals surface area (Å²) in [5, 5.41) is 20.3. The molecule has 2 aliphatic rings. The predicted octanol–water partition coefficient (Wildman–Crippen LogP) is 2.98. The number of rotatable bonds is 1. The van der Waals surface area contributed by atoms with Crippen LogP contribution in [0.15, 0.2) is 0 Å². The lowest BCUT2D eigenvalue weighted by Gasteiger charge is -2.29. The van der Waals surface area contributed by atoms with Crippen molar-refractivity contribution in [2.75, 3.05) is 0 Å². The highest BCUT2D eigenvalue weighted by Gasteiger charge is 2.57. The van der Waals surface area contributed by atoms with Crippen LogP contribution in [0, 0.1) is 17.3 Å². The number of cyclic esters (lactones) is 1. The van der Waals surface area contributed by atoms with Crippen LogP contribution in [0.25, 0.3) is 0 Å². The van der Waals surface area contributed by atoms with E-state index in [1.807, 2.05) is 27.7 Å². The van der Waals surface area contributed by atoms with Crippen LogP contribution >= 0.6 is 0 Å². The third-order valence-corrected chi connectivity index (χ3v) is 6.34. The number of carbonyl (C=O) groups is 2. The maximum absolute atomic E-state index is 13.0. The Balaban J connectivity index is 2.13. The molecule has 27 heavy (non-hydrogen) atoms. The lowest BCUT2D eigenvalue weighted by molar-refractivity contribution is -0.189. The summed E-state index contributed by atoms with van der Waals surface area (Å²) in [5.41, 5.74) is -1.12. The normalized spacial score (nSPS) is 41.5. The molecule has 2 N–H and O–H groups in total. The summed E-state index contributed by atoms with van der Waals surface area (Å²) in [6.07, 6.45) is 1.31. The number of ether oxygens (including phenoxy) is 2. The molecule has 2 fully saturated rings. The van der Waals surface area contributed by atoms with Crippen LogP contribution in [0.4, 0.5) is 0 Å². The number of esters is 1. The average Bonchev–Trinajstić information content (AvgIpc) is 3.27. The molecule has 2 heterocycles. The van der Waals surface area contributed by atoms with Gasteiger partial charge in [0.15, 0.2) is 0 Å². The van der Waals surface area contributed by atoms with E-state index in [2.05, 4.69) is 6.92 Å². The summed E-state index contributed by atoms with van der Waals surface area (Å²) in [6, 6.07) is 0. The van der Waals surface area contributed by atoms with Gasteiger partial charge in [0, 0.05) is 17.8 Å². The van der Waals surface area contributed by atoms with Gasteiger partial charge in [0.1, 0.15) is 18.0 Å². The molecule has 2 aliphatic heterocycles. The number of Topliss-reactive ketones (excluding diaryl/α,β-unsaturated/α-hetero) is 1. The van der Waals surface area contributed by atoms with Gasteiger partial charge in [-0.3, -0.25) is 9.59 Å². The number of carbonyl (C=O) groups excluding carboxylic acids is 2. The van der Waals surface area contributed by atoms with Gasteiger partial charge in [-0.2, -0.15) is 0 Å². The van der Waals surface area contributed by atoms with Crippen molar-refractivity contribution in [1.29, 1.82) is 0 Å². The molecule has 0 saturated carbocycles. The molecule has 0 spiro atoms. The molecular weight excluding hydrogens is 348 g/mol. The Morgan fingerprint density at radius 1 is 1.15 bits per heavy atom.